The third-order valence-corrected chi connectivity index (χ3v) is 2.97. The highest BCUT2D eigenvalue weighted by molar-refractivity contribution is 6.35. The van der Waals surface area contributed by atoms with Gasteiger partial charge in [-0.15, -0.1) is 0 Å². The number of carboxylic acids is 1. The molecule has 1 aromatic heterocycles. The van der Waals surface area contributed by atoms with Gasteiger partial charge >= 0.3 is 5.97 Å². The first-order valence-electron chi connectivity index (χ1n) is 5.16. The number of H-pyrrole nitrogens is 1. The van der Waals surface area contributed by atoms with E-state index < -0.39 is 5.97 Å². The summed E-state index contributed by atoms with van der Waals surface area (Å²) < 4.78 is 5.13. The van der Waals surface area contributed by atoms with Gasteiger partial charge in [0.05, 0.1) is 17.8 Å². The predicted molar refractivity (Wildman–Crippen MR) is 67.3 cm³/mol. The third kappa shape index (κ3) is 2.04. The fourth-order valence-corrected chi connectivity index (χ4v) is 2.07. The van der Waals surface area contributed by atoms with Crippen LogP contribution in [0.5, 0.6) is 5.75 Å². The lowest BCUT2D eigenvalue weighted by atomic mass is 10.0. The highest BCUT2D eigenvalue weighted by Gasteiger charge is 2.16. The molecule has 2 aromatic rings. The lowest BCUT2D eigenvalue weighted by molar-refractivity contribution is 0.0690. The van der Waals surface area contributed by atoms with Crippen LogP contribution < -0.4 is 4.74 Å². The molecule has 0 amide bonds. The summed E-state index contributed by atoms with van der Waals surface area (Å²) in [6, 6.07) is 5.04. The number of halogens is 1. The predicted octanol–water partition coefficient (Wildman–Crippen LogP) is 2.75. The lowest BCUT2D eigenvalue weighted by Gasteiger charge is -2.09. The van der Waals surface area contributed by atoms with Crippen LogP contribution in [0.4, 0.5) is 0 Å². The van der Waals surface area contributed by atoms with Gasteiger partial charge in [0, 0.05) is 5.56 Å². The zero-order valence-corrected chi connectivity index (χ0v) is 10.6. The molecule has 5 nitrogen and oxygen atoms in total. The van der Waals surface area contributed by atoms with Gasteiger partial charge in [-0.05, 0) is 24.6 Å². The van der Waals surface area contributed by atoms with Crippen LogP contribution in [0.1, 0.15) is 16.1 Å². The smallest absolute Gasteiger partial charge is 0.353 e. The number of carboxylic acid groups (broad SMARTS) is 1. The quantitative estimate of drug-likeness (QED) is 0.896. The number of nitrogens with zero attached hydrogens (tertiary/aromatic N) is 1. The number of carbonyl (C=O) groups is 1. The number of aromatic carboxylic acids is 1. The maximum absolute atomic E-state index is 10.8. The number of aromatic amines is 1. The van der Waals surface area contributed by atoms with Gasteiger partial charge in [-0.25, -0.2) is 4.79 Å². The highest BCUT2D eigenvalue weighted by atomic mass is 35.5. The first kappa shape index (κ1) is 12.4. The van der Waals surface area contributed by atoms with E-state index in [1.807, 2.05) is 13.0 Å². The highest BCUT2D eigenvalue weighted by Crippen LogP contribution is 2.37. The number of aromatic nitrogens is 2. The van der Waals surface area contributed by atoms with Crippen LogP contribution in [0.25, 0.3) is 11.3 Å². The molecule has 2 N–H and O–H groups in total. The van der Waals surface area contributed by atoms with Crippen molar-refractivity contribution in [3.8, 4) is 17.0 Å². The maximum Gasteiger partial charge on any atom is 0.353 e. The molecule has 0 aliphatic rings. The molecule has 0 fully saturated rings. The van der Waals surface area contributed by atoms with Gasteiger partial charge in [0.2, 0.25) is 0 Å². The Balaban J connectivity index is 2.58. The van der Waals surface area contributed by atoms with Crippen LogP contribution in [-0.2, 0) is 0 Å². The lowest BCUT2D eigenvalue weighted by Crippen LogP contribution is -1.95. The van der Waals surface area contributed by atoms with Crippen molar-refractivity contribution in [3.63, 3.8) is 0 Å². The van der Waals surface area contributed by atoms with Crippen LogP contribution in [-0.4, -0.2) is 28.4 Å². The molecule has 0 radical (unpaired) electrons. The number of hydrogen-bond donors (Lipinski definition) is 2. The van der Waals surface area contributed by atoms with Crippen LogP contribution in [0, 0.1) is 6.92 Å². The number of nitrogens with one attached hydrogen (secondary N) is 1. The van der Waals surface area contributed by atoms with Gasteiger partial charge < -0.3 is 9.84 Å². The van der Waals surface area contributed by atoms with Crippen molar-refractivity contribution in [1.82, 2.24) is 10.2 Å². The van der Waals surface area contributed by atoms with E-state index in [1.54, 1.807) is 6.07 Å². The fourth-order valence-electron chi connectivity index (χ4n) is 1.68. The van der Waals surface area contributed by atoms with E-state index in [1.165, 1.54) is 13.2 Å². The molecule has 0 aliphatic heterocycles. The Hall–Kier alpha value is -2.01. The molecule has 1 aromatic carbocycles. The van der Waals surface area contributed by atoms with E-state index in [0.717, 1.165) is 5.56 Å². The molecule has 0 saturated heterocycles. The monoisotopic (exact) mass is 266 g/mol. The van der Waals surface area contributed by atoms with Gasteiger partial charge in [-0.2, -0.15) is 5.10 Å². The largest absolute Gasteiger partial charge is 0.495 e. The molecule has 6 heteroatoms. The standard InChI is InChI=1S/C12H11ClN2O3/c1-6-3-4-9(18-2)11(13)10(6)7-5-8(12(16)17)15-14-7/h3-5H,1-2H3,(H,14,15)(H,16,17). The summed E-state index contributed by atoms with van der Waals surface area (Å²) >= 11 is 6.21. The number of aryl methyl sites for hydroxylation is 1. The minimum atomic E-state index is -1.06. The number of methoxy groups -OCH3 is 1. The second-order valence-electron chi connectivity index (χ2n) is 3.75. The van der Waals surface area contributed by atoms with Crippen LogP contribution >= 0.6 is 11.6 Å². The summed E-state index contributed by atoms with van der Waals surface area (Å²) in [5.74, 6) is -0.539. The Morgan fingerprint density at radius 2 is 2.22 bits per heavy atom. The molecule has 0 aliphatic carbocycles. The average molecular weight is 267 g/mol. The number of hydrogen-bond acceptors (Lipinski definition) is 3. The second kappa shape index (κ2) is 4.70. The summed E-state index contributed by atoms with van der Waals surface area (Å²) in [6.45, 7) is 1.87. The van der Waals surface area contributed by atoms with Gasteiger partial charge in [0.1, 0.15) is 11.4 Å². The van der Waals surface area contributed by atoms with Gasteiger partial charge in [0.15, 0.2) is 0 Å². The second-order valence-corrected chi connectivity index (χ2v) is 4.12. The first-order chi connectivity index (χ1) is 8.54. The van der Waals surface area contributed by atoms with Crippen molar-refractivity contribution in [2.75, 3.05) is 7.11 Å². The number of ether oxygens (including phenoxy) is 1. The molecular weight excluding hydrogens is 256 g/mol. The van der Waals surface area contributed by atoms with Crippen molar-refractivity contribution < 1.29 is 14.6 Å². The van der Waals surface area contributed by atoms with Crippen molar-refractivity contribution in [2.45, 2.75) is 6.92 Å². The fraction of sp³-hybridized carbons (Fsp3) is 0.167. The Morgan fingerprint density at radius 3 is 2.78 bits per heavy atom. The van der Waals surface area contributed by atoms with Crippen LogP contribution in [0.15, 0.2) is 18.2 Å². The van der Waals surface area contributed by atoms with Crippen molar-refractivity contribution >= 4 is 17.6 Å². The SMILES string of the molecule is COc1ccc(C)c(-c2cc(C(=O)O)[nH]n2)c1Cl. The van der Waals surface area contributed by atoms with Crippen molar-refractivity contribution in [2.24, 2.45) is 0 Å². The summed E-state index contributed by atoms with van der Waals surface area (Å²) in [6.07, 6.45) is 0. The topological polar surface area (TPSA) is 75.2 Å². The molecule has 0 unspecified atom stereocenters. The van der Waals surface area contributed by atoms with E-state index in [-0.39, 0.29) is 5.69 Å². The molecule has 0 saturated carbocycles. The Kier molecular flexibility index (Phi) is 3.25. The minimum absolute atomic E-state index is 0.0169. The molecular formula is C12H11ClN2O3. The zero-order chi connectivity index (χ0) is 13.3. The molecule has 0 bridgehead atoms. The van der Waals surface area contributed by atoms with E-state index in [4.69, 9.17) is 21.4 Å². The van der Waals surface area contributed by atoms with Crippen LogP contribution in [0.2, 0.25) is 5.02 Å². The number of benzene rings is 1. The molecule has 2 rings (SSSR count). The van der Waals surface area contributed by atoms with Crippen molar-refractivity contribution in [3.05, 3.63) is 34.5 Å². The van der Waals surface area contributed by atoms with Crippen molar-refractivity contribution in [1.29, 1.82) is 0 Å². The Morgan fingerprint density at radius 1 is 1.50 bits per heavy atom. The minimum Gasteiger partial charge on any atom is -0.495 e. The molecule has 94 valence electrons. The summed E-state index contributed by atoms with van der Waals surface area (Å²) in [7, 11) is 1.52. The molecule has 18 heavy (non-hydrogen) atoms. The zero-order valence-electron chi connectivity index (χ0n) is 9.82. The normalized spacial score (nSPS) is 10.4. The summed E-state index contributed by atoms with van der Waals surface area (Å²) in [5.41, 5.74) is 2.06. The van der Waals surface area contributed by atoms with E-state index in [0.29, 0.717) is 22.0 Å². The number of rotatable bonds is 3. The Labute approximate surface area is 108 Å². The first-order valence-corrected chi connectivity index (χ1v) is 5.54. The Bertz CT molecular complexity index is 607. The maximum atomic E-state index is 10.8. The molecule has 0 atom stereocenters. The average Bonchev–Trinajstić information content (AvgIpc) is 2.79. The van der Waals surface area contributed by atoms with Crippen LogP contribution in [0.3, 0.4) is 0 Å². The van der Waals surface area contributed by atoms with E-state index >= 15 is 0 Å². The van der Waals surface area contributed by atoms with Gasteiger partial charge in [0.25, 0.3) is 0 Å². The van der Waals surface area contributed by atoms with Gasteiger partial charge in [-0.1, -0.05) is 17.7 Å². The molecule has 1 heterocycles. The van der Waals surface area contributed by atoms with E-state index in [9.17, 15) is 4.79 Å². The summed E-state index contributed by atoms with van der Waals surface area (Å²) in [4.78, 5) is 10.8. The molecule has 0 spiro atoms. The van der Waals surface area contributed by atoms with Gasteiger partial charge in [-0.3, -0.25) is 5.10 Å². The third-order valence-electron chi connectivity index (χ3n) is 2.60. The van der Waals surface area contributed by atoms with E-state index in [2.05, 4.69) is 10.2 Å². The summed E-state index contributed by atoms with van der Waals surface area (Å²) in [5, 5.41) is 15.7.